The van der Waals surface area contributed by atoms with Crippen LogP contribution in [0.2, 0.25) is 0 Å². The highest BCUT2D eigenvalue weighted by atomic mass is 16.5. The van der Waals surface area contributed by atoms with Crippen molar-refractivity contribution in [2.75, 3.05) is 13.7 Å². The fourth-order valence-electron chi connectivity index (χ4n) is 4.31. The van der Waals surface area contributed by atoms with E-state index in [1.165, 1.54) is 0 Å². The molecule has 4 aromatic rings. The Labute approximate surface area is 186 Å². The average Bonchev–Trinajstić information content (AvgIpc) is 3.06. The summed E-state index contributed by atoms with van der Waals surface area (Å²) in [5.74, 6) is 1.39. The van der Waals surface area contributed by atoms with Gasteiger partial charge in [-0.15, -0.1) is 0 Å². The van der Waals surface area contributed by atoms with Crippen molar-refractivity contribution in [3.05, 3.63) is 74.3 Å². The molecule has 1 N–H and O–H groups in total. The van der Waals surface area contributed by atoms with Gasteiger partial charge in [-0.25, -0.2) is 4.79 Å². The van der Waals surface area contributed by atoms with Crippen LogP contribution in [0.5, 0.6) is 5.75 Å². The molecular weight excluding hydrogens is 406 g/mol. The van der Waals surface area contributed by atoms with E-state index in [2.05, 4.69) is 5.32 Å². The molecule has 0 fully saturated rings. The second-order valence-corrected chi connectivity index (χ2v) is 8.14. The first-order chi connectivity index (χ1) is 15.3. The molecular formula is C26H27NO5. The van der Waals surface area contributed by atoms with Crippen molar-refractivity contribution in [3.8, 4) is 5.75 Å². The number of nitrogens with one attached hydrogen (secondary N) is 1. The minimum absolute atomic E-state index is 0.0515. The molecule has 4 rings (SSSR count). The van der Waals surface area contributed by atoms with Crippen LogP contribution in [0.4, 0.5) is 0 Å². The average molecular weight is 434 g/mol. The fraction of sp³-hybridized carbons (Fsp3) is 0.308. The standard InChI is InChI=1S/C26H27NO5/c1-14-12-21-24(25-23(14)15(2)17(4)31-25)16(3)19(26(29)32-21)13-22(28)27-11-10-18-8-6-7-9-20(18)30-5/h6-9,12H,10-11,13H2,1-5H3,(H,27,28). The first-order valence-corrected chi connectivity index (χ1v) is 10.7. The van der Waals surface area contributed by atoms with Gasteiger partial charge in [0.05, 0.1) is 24.5 Å². The van der Waals surface area contributed by atoms with E-state index in [1.54, 1.807) is 7.11 Å². The Balaban J connectivity index is 1.61. The molecule has 0 aliphatic heterocycles. The van der Waals surface area contributed by atoms with E-state index in [0.717, 1.165) is 44.5 Å². The van der Waals surface area contributed by atoms with Gasteiger partial charge in [0, 0.05) is 11.9 Å². The largest absolute Gasteiger partial charge is 0.496 e. The van der Waals surface area contributed by atoms with Crippen molar-refractivity contribution >= 4 is 27.8 Å². The smallest absolute Gasteiger partial charge is 0.340 e. The first kappa shape index (κ1) is 21.7. The lowest BCUT2D eigenvalue weighted by atomic mass is 9.98. The minimum Gasteiger partial charge on any atom is -0.496 e. The van der Waals surface area contributed by atoms with Gasteiger partial charge < -0.3 is 18.9 Å². The van der Waals surface area contributed by atoms with Crippen molar-refractivity contribution in [2.24, 2.45) is 0 Å². The Morgan fingerprint density at radius 1 is 1.03 bits per heavy atom. The molecule has 0 atom stereocenters. The van der Waals surface area contributed by atoms with Gasteiger partial charge in [0.2, 0.25) is 5.91 Å². The third kappa shape index (κ3) is 3.77. The summed E-state index contributed by atoms with van der Waals surface area (Å²) in [5.41, 5.74) is 4.83. The highest BCUT2D eigenvalue weighted by molar-refractivity contribution is 6.07. The van der Waals surface area contributed by atoms with Crippen molar-refractivity contribution in [1.29, 1.82) is 0 Å². The first-order valence-electron chi connectivity index (χ1n) is 10.7. The monoisotopic (exact) mass is 433 g/mol. The van der Waals surface area contributed by atoms with Crippen LogP contribution in [0.1, 0.15) is 33.6 Å². The molecule has 0 radical (unpaired) electrons. The van der Waals surface area contributed by atoms with Crippen LogP contribution in [0.25, 0.3) is 21.9 Å². The van der Waals surface area contributed by atoms with Crippen LogP contribution < -0.4 is 15.7 Å². The molecule has 0 aliphatic carbocycles. The fourth-order valence-corrected chi connectivity index (χ4v) is 4.31. The van der Waals surface area contributed by atoms with Crippen molar-refractivity contribution in [2.45, 2.75) is 40.5 Å². The summed E-state index contributed by atoms with van der Waals surface area (Å²) in [6.07, 6.45) is 0.579. The topological polar surface area (TPSA) is 81.7 Å². The summed E-state index contributed by atoms with van der Waals surface area (Å²) >= 11 is 0. The number of aryl methyl sites for hydroxylation is 4. The molecule has 0 saturated carbocycles. The van der Waals surface area contributed by atoms with E-state index in [4.69, 9.17) is 13.6 Å². The molecule has 0 bridgehead atoms. The number of fused-ring (bicyclic) bond motifs is 3. The Morgan fingerprint density at radius 2 is 1.78 bits per heavy atom. The van der Waals surface area contributed by atoms with E-state index < -0.39 is 5.63 Å². The SMILES string of the molecule is COc1ccccc1CCNC(=O)Cc1c(C)c2c(cc(C)c3c(C)c(C)oc32)oc1=O. The molecule has 2 aromatic carbocycles. The zero-order chi connectivity index (χ0) is 23.0. The summed E-state index contributed by atoms with van der Waals surface area (Å²) in [5, 5.41) is 4.67. The predicted octanol–water partition coefficient (Wildman–Crippen LogP) is 4.68. The number of amides is 1. The highest BCUT2D eigenvalue weighted by Crippen LogP contribution is 2.36. The van der Waals surface area contributed by atoms with E-state index in [0.29, 0.717) is 29.7 Å². The molecule has 32 heavy (non-hydrogen) atoms. The van der Waals surface area contributed by atoms with Gasteiger partial charge in [-0.1, -0.05) is 18.2 Å². The van der Waals surface area contributed by atoms with Crippen molar-refractivity contribution in [3.63, 3.8) is 0 Å². The Hall–Kier alpha value is -3.54. The normalized spacial score (nSPS) is 11.3. The number of benzene rings is 2. The van der Waals surface area contributed by atoms with Gasteiger partial charge in [-0.05, 0) is 68.5 Å². The van der Waals surface area contributed by atoms with E-state index in [9.17, 15) is 9.59 Å². The summed E-state index contributed by atoms with van der Waals surface area (Å²) in [4.78, 5) is 25.3. The van der Waals surface area contributed by atoms with Gasteiger partial charge in [-0.2, -0.15) is 0 Å². The molecule has 0 aliphatic rings. The molecule has 0 unspecified atom stereocenters. The Morgan fingerprint density at radius 3 is 2.53 bits per heavy atom. The molecule has 166 valence electrons. The minimum atomic E-state index is -0.492. The number of hydrogen-bond donors (Lipinski definition) is 1. The zero-order valence-electron chi connectivity index (χ0n) is 19.0. The summed E-state index contributed by atoms with van der Waals surface area (Å²) in [6.45, 7) is 8.20. The van der Waals surface area contributed by atoms with E-state index >= 15 is 0 Å². The Bertz CT molecular complexity index is 1390. The van der Waals surface area contributed by atoms with Crippen LogP contribution in [-0.2, 0) is 17.6 Å². The van der Waals surface area contributed by atoms with Crippen molar-refractivity contribution < 1.29 is 18.4 Å². The molecule has 6 heteroatoms. The molecule has 2 aromatic heterocycles. The quantitative estimate of drug-likeness (QED) is 0.447. The van der Waals surface area contributed by atoms with Gasteiger partial charge in [0.25, 0.3) is 0 Å². The van der Waals surface area contributed by atoms with Crippen LogP contribution in [-0.4, -0.2) is 19.6 Å². The molecule has 0 saturated heterocycles. The third-order valence-corrected chi connectivity index (χ3v) is 6.12. The number of rotatable bonds is 6. The second kappa shape index (κ2) is 8.54. The highest BCUT2D eigenvalue weighted by Gasteiger charge is 2.21. The van der Waals surface area contributed by atoms with Gasteiger partial charge >= 0.3 is 5.63 Å². The van der Waals surface area contributed by atoms with Crippen LogP contribution in [0, 0.1) is 27.7 Å². The summed E-state index contributed by atoms with van der Waals surface area (Å²) in [7, 11) is 1.62. The summed E-state index contributed by atoms with van der Waals surface area (Å²) < 4.78 is 17.0. The molecule has 1 amide bonds. The lowest BCUT2D eigenvalue weighted by Gasteiger charge is -2.11. The van der Waals surface area contributed by atoms with E-state index in [-0.39, 0.29) is 12.3 Å². The predicted molar refractivity (Wildman–Crippen MR) is 125 cm³/mol. The number of furan rings is 1. The van der Waals surface area contributed by atoms with E-state index in [1.807, 2.05) is 58.0 Å². The number of ether oxygens (including phenoxy) is 1. The number of carbonyl (C=O) groups is 1. The van der Waals surface area contributed by atoms with Gasteiger partial charge in [-0.3, -0.25) is 4.79 Å². The molecule has 6 nitrogen and oxygen atoms in total. The maximum Gasteiger partial charge on any atom is 0.340 e. The lowest BCUT2D eigenvalue weighted by Crippen LogP contribution is -2.29. The zero-order valence-corrected chi connectivity index (χ0v) is 19.0. The van der Waals surface area contributed by atoms with Crippen LogP contribution >= 0.6 is 0 Å². The Kier molecular flexibility index (Phi) is 5.78. The maximum absolute atomic E-state index is 12.7. The van der Waals surface area contributed by atoms with Crippen LogP contribution in [0.3, 0.4) is 0 Å². The number of para-hydroxylation sites is 1. The second-order valence-electron chi connectivity index (χ2n) is 8.14. The summed E-state index contributed by atoms with van der Waals surface area (Å²) in [6, 6.07) is 9.56. The molecule has 2 heterocycles. The molecule has 0 spiro atoms. The van der Waals surface area contributed by atoms with Crippen LogP contribution in [0.15, 0.2) is 44.0 Å². The van der Waals surface area contributed by atoms with Gasteiger partial charge in [0.1, 0.15) is 22.7 Å². The van der Waals surface area contributed by atoms with Crippen molar-refractivity contribution in [1.82, 2.24) is 5.32 Å². The van der Waals surface area contributed by atoms with Gasteiger partial charge in [0.15, 0.2) is 0 Å². The lowest BCUT2D eigenvalue weighted by molar-refractivity contribution is -0.120. The number of methoxy groups -OCH3 is 1. The number of carbonyl (C=O) groups excluding carboxylic acids is 1. The maximum atomic E-state index is 12.7. The third-order valence-electron chi connectivity index (χ3n) is 6.12. The number of hydrogen-bond acceptors (Lipinski definition) is 5.